The molecule has 0 radical (unpaired) electrons. The average molecular weight is 293 g/mol. The zero-order valence-corrected chi connectivity index (χ0v) is 13.6. The summed E-state index contributed by atoms with van der Waals surface area (Å²) in [6.45, 7) is 8.00. The SMILES string of the molecule is COc1cccc(OC)c1[C@@H](N)B1OC(C)(C)C(C)(C)O1. The summed E-state index contributed by atoms with van der Waals surface area (Å²) in [5.74, 6) is 0.824. The lowest BCUT2D eigenvalue weighted by molar-refractivity contribution is 0.00578. The van der Waals surface area contributed by atoms with E-state index in [1.807, 2.05) is 45.9 Å². The molecule has 0 saturated carbocycles. The standard InChI is InChI=1S/C15H24BNO4/c1-14(2)15(3,4)21-16(20-14)13(17)12-10(18-5)8-7-9-11(12)19-6/h7-9,13H,17H2,1-6H3/t13-/m1/s1. The lowest BCUT2D eigenvalue weighted by Gasteiger charge is -2.32. The molecular formula is C15H24BNO4. The highest BCUT2D eigenvalue weighted by Gasteiger charge is 2.54. The topological polar surface area (TPSA) is 62.9 Å². The van der Waals surface area contributed by atoms with E-state index >= 15 is 0 Å². The van der Waals surface area contributed by atoms with Gasteiger partial charge in [-0.15, -0.1) is 0 Å². The van der Waals surface area contributed by atoms with Crippen LogP contribution in [0.2, 0.25) is 0 Å². The van der Waals surface area contributed by atoms with Gasteiger partial charge in [-0.25, -0.2) is 0 Å². The molecule has 5 nitrogen and oxygen atoms in total. The zero-order chi connectivity index (χ0) is 15.8. The molecule has 1 aliphatic rings. The van der Waals surface area contributed by atoms with Crippen LogP contribution in [0, 0.1) is 0 Å². The molecule has 0 unspecified atom stereocenters. The fourth-order valence-corrected chi connectivity index (χ4v) is 2.38. The van der Waals surface area contributed by atoms with Gasteiger partial charge in [0.1, 0.15) is 11.5 Å². The van der Waals surface area contributed by atoms with Gasteiger partial charge in [-0.1, -0.05) is 6.07 Å². The number of ether oxygens (including phenoxy) is 2. The van der Waals surface area contributed by atoms with Crippen molar-refractivity contribution in [3.05, 3.63) is 23.8 Å². The number of methoxy groups -OCH3 is 2. The first-order valence-electron chi connectivity index (χ1n) is 7.05. The molecule has 0 amide bonds. The van der Waals surface area contributed by atoms with Crippen LogP contribution in [0.3, 0.4) is 0 Å². The van der Waals surface area contributed by atoms with Gasteiger partial charge >= 0.3 is 7.12 Å². The van der Waals surface area contributed by atoms with Crippen molar-refractivity contribution in [1.29, 1.82) is 0 Å². The molecule has 1 aromatic rings. The van der Waals surface area contributed by atoms with Gasteiger partial charge in [-0.05, 0) is 39.8 Å². The van der Waals surface area contributed by atoms with E-state index in [9.17, 15) is 0 Å². The second kappa shape index (κ2) is 5.52. The first kappa shape index (κ1) is 16.1. The highest BCUT2D eigenvalue weighted by molar-refractivity contribution is 6.47. The van der Waals surface area contributed by atoms with Crippen molar-refractivity contribution in [2.75, 3.05) is 14.2 Å². The number of hydrogen-bond donors (Lipinski definition) is 1. The van der Waals surface area contributed by atoms with Crippen molar-refractivity contribution in [3.8, 4) is 11.5 Å². The van der Waals surface area contributed by atoms with Gasteiger partial charge < -0.3 is 24.5 Å². The first-order chi connectivity index (χ1) is 9.73. The Bertz CT molecular complexity index is 480. The summed E-state index contributed by atoms with van der Waals surface area (Å²) >= 11 is 0. The Hall–Kier alpha value is -1.24. The van der Waals surface area contributed by atoms with Crippen LogP contribution in [-0.4, -0.2) is 32.5 Å². The zero-order valence-electron chi connectivity index (χ0n) is 13.6. The fourth-order valence-electron chi connectivity index (χ4n) is 2.38. The van der Waals surface area contributed by atoms with Gasteiger partial charge in [0.25, 0.3) is 0 Å². The lowest BCUT2D eigenvalue weighted by Crippen LogP contribution is -2.41. The van der Waals surface area contributed by atoms with Crippen molar-refractivity contribution in [3.63, 3.8) is 0 Å². The molecule has 2 rings (SSSR count). The number of hydrogen-bond acceptors (Lipinski definition) is 5. The largest absolute Gasteiger partial charge is 0.496 e. The maximum absolute atomic E-state index is 6.39. The molecule has 0 spiro atoms. The number of nitrogens with two attached hydrogens (primary N) is 1. The van der Waals surface area contributed by atoms with Gasteiger partial charge in [0.15, 0.2) is 0 Å². The molecule has 1 fully saturated rings. The molecule has 1 atom stereocenters. The van der Waals surface area contributed by atoms with Crippen LogP contribution in [0.25, 0.3) is 0 Å². The normalized spacial score (nSPS) is 21.2. The minimum Gasteiger partial charge on any atom is -0.496 e. The minimum absolute atomic E-state index is 0.426. The Labute approximate surface area is 126 Å². The van der Waals surface area contributed by atoms with E-state index in [1.165, 1.54) is 0 Å². The number of benzene rings is 1. The molecule has 2 N–H and O–H groups in total. The second-order valence-electron chi connectivity index (χ2n) is 6.23. The summed E-state index contributed by atoms with van der Waals surface area (Å²) in [6.07, 6.45) is 0. The first-order valence-corrected chi connectivity index (χ1v) is 7.05. The summed E-state index contributed by atoms with van der Waals surface area (Å²) in [5.41, 5.74) is 6.28. The fraction of sp³-hybridized carbons (Fsp3) is 0.600. The van der Waals surface area contributed by atoms with E-state index in [0.29, 0.717) is 11.5 Å². The maximum atomic E-state index is 6.39. The van der Waals surface area contributed by atoms with Crippen molar-refractivity contribution in [1.82, 2.24) is 0 Å². The van der Waals surface area contributed by atoms with E-state index in [0.717, 1.165) is 5.56 Å². The Balaban J connectivity index is 2.36. The smallest absolute Gasteiger partial charge is 0.480 e. The van der Waals surface area contributed by atoms with Gasteiger partial charge in [-0.3, -0.25) is 0 Å². The quantitative estimate of drug-likeness (QED) is 0.863. The Morgan fingerprint density at radius 3 is 1.81 bits per heavy atom. The molecule has 6 heteroatoms. The Morgan fingerprint density at radius 1 is 1.00 bits per heavy atom. The Morgan fingerprint density at radius 2 is 1.43 bits per heavy atom. The predicted molar refractivity (Wildman–Crippen MR) is 82.6 cm³/mol. The van der Waals surface area contributed by atoms with E-state index < -0.39 is 24.3 Å². The average Bonchev–Trinajstić information content (AvgIpc) is 2.65. The predicted octanol–water partition coefficient (Wildman–Crippen LogP) is 2.33. The van der Waals surface area contributed by atoms with Crippen LogP contribution in [0.4, 0.5) is 0 Å². The van der Waals surface area contributed by atoms with Crippen LogP contribution in [-0.2, 0) is 9.31 Å². The summed E-state index contributed by atoms with van der Waals surface area (Å²) in [6, 6.07) is 5.56. The molecule has 0 bridgehead atoms. The van der Waals surface area contributed by atoms with Gasteiger partial charge in [0, 0.05) is 0 Å². The molecule has 0 aromatic heterocycles. The lowest BCUT2D eigenvalue weighted by atomic mass is 9.74. The third kappa shape index (κ3) is 2.75. The molecule has 1 heterocycles. The van der Waals surface area contributed by atoms with E-state index in [2.05, 4.69) is 0 Å². The summed E-state index contributed by atoms with van der Waals surface area (Å²) in [4.78, 5) is 0. The van der Waals surface area contributed by atoms with E-state index in [1.54, 1.807) is 14.2 Å². The van der Waals surface area contributed by atoms with Crippen LogP contribution in [0.15, 0.2) is 18.2 Å². The summed E-state index contributed by atoms with van der Waals surface area (Å²) in [7, 11) is 2.66. The van der Waals surface area contributed by atoms with Crippen LogP contribution >= 0.6 is 0 Å². The van der Waals surface area contributed by atoms with Gasteiger partial charge in [0.05, 0.1) is 36.9 Å². The molecule has 1 aliphatic heterocycles. The van der Waals surface area contributed by atoms with Crippen LogP contribution < -0.4 is 15.2 Å². The third-order valence-corrected chi connectivity index (χ3v) is 4.36. The highest BCUT2D eigenvalue weighted by Crippen LogP contribution is 2.42. The van der Waals surface area contributed by atoms with Crippen LogP contribution in [0.1, 0.15) is 39.2 Å². The van der Waals surface area contributed by atoms with Crippen molar-refractivity contribution in [2.45, 2.75) is 44.8 Å². The summed E-state index contributed by atoms with van der Waals surface area (Å²) < 4.78 is 22.8. The molecule has 116 valence electrons. The monoisotopic (exact) mass is 293 g/mol. The molecule has 1 saturated heterocycles. The Kier molecular flexibility index (Phi) is 4.24. The highest BCUT2D eigenvalue weighted by atomic mass is 16.7. The van der Waals surface area contributed by atoms with Crippen LogP contribution in [0.5, 0.6) is 11.5 Å². The minimum atomic E-state index is -0.555. The second-order valence-corrected chi connectivity index (χ2v) is 6.23. The third-order valence-electron chi connectivity index (χ3n) is 4.36. The van der Waals surface area contributed by atoms with Crippen molar-refractivity contribution >= 4 is 7.12 Å². The molecule has 1 aromatic carbocycles. The van der Waals surface area contributed by atoms with Crippen molar-refractivity contribution in [2.24, 2.45) is 5.73 Å². The molecule has 0 aliphatic carbocycles. The van der Waals surface area contributed by atoms with Crippen molar-refractivity contribution < 1.29 is 18.8 Å². The van der Waals surface area contributed by atoms with Gasteiger partial charge in [-0.2, -0.15) is 0 Å². The van der Waals surface area contributed by atoms with Gasteiger partial charge in [0.2, 0.25) is 0 Å². The molecule has 21 heavy (non-hydrogen) atoms. The van der Waals surface area contributed by atoms with E-state index in [-0.39, 0.29) is 0 Å². The summed E-state index contributed by atoms with van der Waals surface area (Å²) in [5, 5.41) is 0. The molecular weight excluding hydrogens is 269 g/mol. The maximum Gasteiger partial charge on any atom is 0.480 e. The van der Waals surface area contributed by atoms with E-state index in [4.69, 9.17) is 24.5 Å². The number of rotatable bonds is 4.